The summed E-state index contributed by atoms with van der Waals surface area (Å²) in [5.41, 5.74) is 6.98. The molecule has 8 heteroatoms. The summed E-state index contributed by atoms with van der Waals surface area (Å²) in [4.78, 5) is 36.3. The van der Waals surface area contributed by atoms with Crippen molar-refractivity contribution in [2.45, 2.75) is 38.1 Å². The van der Waals surface area contributed by atoms with Crippen molar-refractivity contribution < 1.29 is 24.2 Å². The van der Waals surface area contributed by atoms with Gasteiger partial charge in [-0.1, -0.05) is 60.7 Å². The fourth-order valence-corrected chi connectivity index (χ4v) is 2.63. The lowest BCUT2D eigenvalue weighted by Crippen LogP contribution is -2.57. The Morgan fingerprint density at radius 2 is 1.52 bits per heavy atom. The maximum Gasteiger partial charge on any atom is 0.408 e. The lowest BCUT2D eigenvalue weighted by Gasteiger charge is -2.23. The summed E-state index contributed by atoms with van der Waals surface area (Å²) < 4.78 is 5.07. The first kappa shape index (κ1) is 21.9. The summed E-state index contributed by atoms with van der Waals surface area (Å²) in [6.45, 7) is 1.36. The highest BCUT2D eigenvalue weighted by atomic mass is 16.5. The van der Waals surface area contributed by atoms with Crippen LogP contribution in [0.4, 0.5) is 4.79 Å². The van der Waals surface area contributed by atoms with Gasteiger partial charge in [0, 0.05) is 6.42 Å². The Morgan fingerprint density at radius 1 is 0.966 bits per heavy atom. The van der Waals surface area contributed by atoms with Gasteiger partial charge in [-0.05, 0) is 18.1 Å². The van der Waals surface area contributed by atoms with Crippen LogP contribution in [0.3, 0.4) is 0 Å². The molecule has 0 heterocycles. The molecule has 3 amide bonds. The number of rotatable bonds is 9. The van der Waals surface area contributed by atoms with Gasteiger partial charge in [-0.25, -0.2) is 4.79 Å². The molecule has 0 aliphatic carbocycles. The van der Waals surface area contributed by atoms with E-state index in [1.807, 2.05) is 12.1 Å². The molecule has 0 aromatic heterocycles. The number of aliphatic hydroxyl groups is 1. The van der Waals surface area contributed by atoms with E-state index in [0.29, 0.717) is 0 Å². The number of aliphatic hydroxyl groups excluding tert-OH is 1. The Hall–Kier alpha value is -3.39. The van der Waals surface area contributed by atoms with E-state index in [-0.39, 0.29) is 13.0 Å². The van der Waals surface area contributed by atoms with Crippen LogP contribution in [0.5, 0.6) is 0 Å². The Kier molecular flexibility index (Phi) is 8.17. The van der Waals surface area contributed by atoms with Gasteiger partial charge in [0.2, 0.25) is 11.8 Å². The molecule has 2 aromatic rings. The van der Waals surface area contributed by atoms with E-state index in [0.717, 1.165) is 11.1 Å². The van der Waals surface area contributed by atoms with Crippen molar-refractivity contribution in [3.05, 3.63) is 71.8 Å². The number of hydrogen-bond acceptors (Lipinski definition) is 5. The zero-order chi connectivity index (χ0) is 21.2. The zero-order valence-corrected chi connectivity index (χ0v) is 16.1. The highest BCUT2D eigenvalue weighted by Crippen LogP contribution is 2.05. The third kappa shape index (κ3) is 7.27. The molecule has 0 radical (unpaired) electrons. The number of benzene rings is 2. The van der Waals surface area contributed by atoms with Crippen molar-refractivity contribution in [3.8, 4) is 0 Å². The van der Waals surface area contributed by atoms with Gasteiger partial charge in [0.1, 0.15) is 18.7 Å². The predicted molar refractivity (Wildman–Crippen MR) is 107 cm³/mol. The molecule has 0 unspecified atom stereocenters. The third-order valence-electron chi connectivity index (χ3n) is 4.19. The lowest BCUT2D eigenvalue weighted by molar-refractivity contribution is -0.130. The van der Waals surface area contributed by atoms with Crippen molar-refractivity contribution in [1.29, 1.82) is 0 Å². The Balaban J connectivity index is 1.96. The minimum Gasteiger partial charge on any atom is -0.445 e. The predicted octanol–water partition coefficient (Wildman–Crippen LogP) is 0.875. The second-order valence-corrected chi connectivity index (χ2v) is 6.58. The summed E-state index contributed by atoms with van der Waals surface area (Å²) in [5.74, 6) is -1.46. The van der Waals surface area contributed by atoms with E-state index >= 15 is 0 Å². The molecular formula is C21H25N3O5. The van der Waals surface area contributed by atoms with Crippen LogP contribution in [-0.2, 0) is 27.4 Å². The van der Waals surface area contributed by atoms with Crippen molar-refractivity contribution in [2.75, 3.05) is 0 Å². The van der Waals surface area contributed by atoms with Gasteiger partial charge in [0.15, 0.2) is 0 Å². The van der Waals surface area contributed by atoms with Crippen LogP contribution in [0, 0.1) is 0 Å². The molecule has 0 aliphatic heterocycles. The molecule has 0 spiro atoms. The highest BCUT2D eigenvalue weighted by molar-refractivity contribution is 5.91. The molecule has 154 valence electrons. The van der Waals surface area contributed by atoms with Crippen LogP contribution >= 0.6 is 0 Å². The third-order valence-corrected chi connectivity index (χ3v) is 4.19. The molecule has 2 aromatic carbocycles. The summed E-state index contributed by atoms with van der Waals surface area (Å²) in [6.07, 6.45) is -1.90. The first-order chi connectivity index (χ1) is 13.9. The average Bonchev–Trinajstić information content (AvgIpc) is 2.71. The number of primary amides is 1. The summed E-state index contributed by atoms with van der Waals surface area (Å²) in [7, 11) is 0. The number of amides is 3. The minimum absolute atomic E-state index is 0.0126. The number of ether oxygens (including phenoxy) is 1. The van der Waals surface area contributed by atoms with E-state index in [9.17, 15) is 19.5 Å². The Bertz CT molecular complexity index is 812. The maximum atomic E-state index is 12.6. The van der Waals surface area contributed by atoms with Gasteiger partial charge in [-0.3, -0.25) is 9.59 Å². The number of nitrogens with one attached hydrogen (secondary N) is 2. The van der Waals surface area contributed by atoms with Crippen molar-refractivity contribution in [3.63, 3.8) is 0 Å². The zero-order valence-electron chi connectivity index (χ0n) is 16.1. The van der Waals surface area contributed by atoms with Crippen molar-refractivity contribution in [1.82, 2.24) is 10.6 Å². The average molecular weight is 399 g/mol. The van der Waals surface area contributed by atoms with E-state index in [1.165, 1.54) is 6.92 Å². The number of nitrogens with two attached hydrogens (primary N) is 1. The van der Waals surface area contributed by atoms with Crippen molar-refractivity contribution in [2.24, 2.45) is 5.73 Å². The highest BCUT2D eigenvalue weighted by Gasteiger charge is 2.29. The second kappa shape index (κ2) is 10.8. The van der Waals surface area contributed by atoms with Gasteiger partial charge in [-0.15, -0.1) is 0 Å². The fourth-order valence-electron chi connectivity index (χ4n) is 2.63. The number of carbonyl (C=O) groups excluding carboxylic acids is 3. The molecular weight excluding hydrogens is 374 g/mol. The van der Waals surface area contributed by atoms with Gasteiger partial charge in [-0.2, -0.15) is 0 Å². The van der Waals surface area contributed by atoms with Crippen molar-refractivity contribution >= 4 is 17.9 Å². The monoisotopic (exact) mass is 399 g/mol. The molecule has 0 bridgehead atoms. The SMILES string of the molecule is C[C@@H](O)[C@@H](NC(=O)OCc1ccccc1)C(=O)N[C@@H](Cc1ccccc1)C(N)=O. The topological polar surface area (TPSA) is 131 Å². The van der Waals surface area contributed by atoms with E-state index < -0.39 is 36.1 Å². The lowest BCUT2D eigenvalue weighted by atomic mass is 10.0. The quantitative estimate of drug-likeness (QED) is 0.497. The molecule has 0 fully saturated rings. The molecule has 5 N–H and O–H groups in total. The normalized spacial score (nSPS) is 13.6. The number of hydrogen-bond donors (Lipinski definition) is 4. The second-order valence-electron chi connectivity index (χ2n) is 6.58. The Labute approximate surface area is 169 Å². The van der Waals surface area contributed by atoms with Crippen LogP contribution in [0.25, 0.3) is 0 Å². The Morgan fingerprint density at radius 3 is 2.03 bits per heavy atom. The maximum absolute atomic E-state index is 12.6. The minimum atomic E-state index is -1.31. The van der Waals surface area contributed by atoms with E-state index in [2.05, 4.69) is 10.6 Å². The molecule has 0 aliphatic rings. The summed E-state index contributed by atoms with van der Waals surface area (Å²) in [5, 5.41) is 14.7. The molecule has 8 nitrogen and oxygen atoms in total. The largest absolute Gasteiger partial charge is 0.445 e. The number of alkyl carbamates (subject to hydrolysis) is 1. The smallest absolute Gasteiger partial charge is 0.408 e. The van der Waals surface area contributed by atoms with Crippen LogP contribution in [0.2, 0.25) is 0 Å². The number of carbonyl (C=O) groups is 3. The van der Waals surface area contributed by atoms with Crippen LogP contribution in [0.15, 0.2) is 60.7 Å². The first-order valence-electron chi connectivity index (χ1n) is 9.15. The van der Waals surface area contributed by atoms with Gasteiger partial charge in [0.05, 0.1) is 6.10 Å². The van der Waals surface area contributed by atoms with Gasteiger partial charge in [0.25, 0.3) is 0 Å². The standard InChI is InChI=1S/C21H25N3O5/c1-14(25)18(24-21(28)29-13-16-10-6-3-7-11-16)20(27)23-17(19(22)26)12-15-8-4-2-5-9-15/h2-11,14,17-18,25H,12-13H2,1H3,(H2,22,26)(H,23,27)(H,24,28)/t14-,17+,18-/m1/s1. The van der Waals surface area contributed by atoms with Gasteiger partial charge < -0.3 is 26.2 Å². The van der Waals surface area contributed by atoms with Gasteiger partial charge >= 0.3 is 6.09 Å². The van der Waals surface area contributed by atoms with Crippen LogP contribution < -0.4 is 16.4 Å². The van der Waals surface area contributed by atoms with Crippen LogP contribution in [0.1, 0.15) is 18.1 Å². The van der Waals surface area contributed by atoms with E-state index in [4.69, 9.17) is 10.5 Å². The molecule has 2 rings (SSSR count). The summed E-state index contributed by atoms with van der Waals surface area (Å²) >= 11 is 0. The molecule has 29 heavy (non-hydrogen) atoms. The van der Waals surface area contributed by atoms with E-state index in [1.54, 1.807) is 48.5 Å². The van der Waals surface area contributed by atoms with Crippen LogP contribution in [-0.4, -0.2) is 41.2 Å². The fraction of sp³-hybridized carbons (Fsp3) is 0.286. The first-order valence-corrected chi connectivity index (χ1v) is 9.15. The molecule has 3 atom stereocenters. The molecule has 0 saturated carbocycles. The molecule has 0 saturated heterocycles. The summed E-state index contributed by atoms with van der Waals surface area (Å²) in [6, 6.07) is 15.7.